The Hall–Kier alpha value is -1.80. The topological polar surface area (TPSA) is 87.0 Å². The molecule has 0 atom stereocenters. The molecule has 3 rings (SSSR count). The zero-order valence-electron chi connectivity index (χ0n) is 12.5. The fourth-order valence-corrected chi connectivity index (χ4v) is 4.07. The van der Waals surface area contributed by atoms with Crippen LogP contribution in [0.25, 0.3) is 6.08 Å². The number of aliphatic imine (C=N–C) groups is 1. The highest BCUT2D eigenvalue weighted by Gasteiger charge is 2.27. The van der Waals surface area contributed by atoms with Crippen molar-refractivity contribution >= 4 is 38.7 Å². The van der Waals surface area contributed by atoms with E-state index in [2.05, 4.69) is 9.89 Å². The average molecular weight is 352 g/mol. The van der Waals surface area contributed by atoms with E-state index >= 15 is 0 Å². The number of hydrogen-bond donors (Lipinski definition) is 1. The van der Waals surface area contributed by atoms with Crippen molar-refractivity contribution in [1.82, 2.24) is 4.90 Å². The first-order chi connectivity index (χ1) is 10.8. The number of rotatable bonds is 2. The van der Waals surface area contributed by atoms with Crippen molar-refractivity contribution in [1.29, 1.82) is 0 Å². The second-order valence-electron chi connectivity index (χ2n) is 5.50. The predicted molar refractivity (Wildman–Crippen MR) is 90.0 cm³/mol. The number of carbonyl (C=O) groups excluding carboxylic acids is 1. The summed E-state index contributed by atoms with van der Waals surface area (Å²) in [5.41, 5.74) is 0.293. The Balaban J connectivity index is 1.89. The van der Waals surface area contributed by atoms with Gasteiger partial charge in [-0.15, -0.1) is 0 Å². The van der Waals surface area contributed by atoms with Gasteiger partial charge in [0.15, 0.2) is 15.0 Å². The van der Waals surface area contributed by atoms with Crippen molar-refractivity contribution in [2.24, 2.45) is 4.99 Å². The zero-order valence-corrected chi connectivity index (χ0v) is 14.2. The highest BCUT2D eigenvalue weighted by atomic mass is 32.2. The number of benzene rings is 1. The van der Waals surface area contributed by atoms with Gasteiger partial charge < -0.3 is 10.0 Å². The van der Waals surface area contributed by atoms with Crippen LogP contribution in [0.2, 0.25) is 0 Å². The predicted octanol–water partition coefficient (Wildman–Crippen LogP) is 1.86. The summed E-state index contributed by atoms with van der Waals surface area (Å²) < 4.78 is 23.2. The first-order valence-electron chi connectivity index (χ1n) is 7.15. The van der Waals surface area contributed by atoms with E-state index in [0.29, 0.717) is 15.6 Å². The lowest BCUT2D eigenvalue weighted by Crippen LogP contribution is -2.23. The molecular weight excluding hydrogens is 336 g/mol. The summed E-state index contributed by atoms with van der Waals surface area (Å²) in [6.45, 7) is 1.78. The SMILES string of the molecule is CS(=O)(=O)c1ccc(O)c(C=C2SC(N3CCCC3)=NC2=O)c1. The van der Waals surface area contributed by atoms with Crippen molar-refractivity contribution in [2.45, 2.75) is 17.7 Å². The molecule has 0 aliphatic carbocycles. The zero-order chi connectivity index (χ0) is 16.6. The Kier molecular flexibility index (Phi) is 4.20. The Morgan fingerprint density at radius 1 is 1.30 bits per heavy atom. The van der Waals surface area contributed by atoms with E-state index in [4.69, 9.17) is 0 Å². The van der Waals surface area contributed by atoms with Gasteiger partial charge >= 0.3 is 0 Å². The molecule has 2 aliphatic rings. The molecule has 1 N–H and O–H groups in total. The normalized spacial score (nSPS) is 20.4. The number of aromatic hydroxyl groups is 1. The van der Waals surface area contributed by atoms with Gasteiger partial charge in [0.1, 0.15) is 5.75 Å². The molecule has 1 saturated heterocycles. The average Bonchev–Trinajstić information content (AvgIpc) is 3.10. The monoisotopic (exact) mass is 352 g/mol. The van der Waals surface area contributed by atoms with E-state index in [1.165, 1.54) is 36.0 Å². The fraction of sp³-hybridized carbons (Fsp3) is 0.333. The maximum atomic E-state index is 12.0. The number of phenols is 1. The van der Waals surface area contributed by atoms with Crippen LogP contribution in [0.15, 0.2) is 33.0 Å². The first kappa shape index (κ1) is 16.1. The van der Waals surface area contributed by atoms with Crippen molar-refractivity contribution in [2.75, 3.05) is 19.3 Å². The van der Waals surface area contributed by atoms with Crippen LogP contribution in [0.4, 0.5) is 0 Å². The summed E-state index contributed by atoms with van der Waals surface area (Å²) in [6.07, 6.45) is 4.76. The number of phenolic OH excluding ortho intramolecular Hbond substituents is 1. The van der Waals surface area contributed by atoms with Gasteiger partial charge in [0.2, 0.25) is 0 Å². The molecular formula is C15H16N2O4S2. The van der Waals surface area contributed by atoms with E-state index < -0.39 is 9.84 Å². The van der Waals surface area contributed by atoms with Gasteiger partial charge in [0.05, 0.1) is 9.80 Å². The number of nitrogens with zero attached hydrogens (tertiary/aromatic N) is 2. The summed E-state index contributed by atoms with van der Waals surface area (Å²) in [5, 5.41) is 10.6. The van der Waals surface area contributed by atoms with Crippen molar-refractivity contribution in [3.8, 4) is 5.75 Å². The molecule has 122 valence electrons. The van der Waals surface area contributed by atoms with E-state index in [1.807, 2.05) is 0 Å². The summed E-state index contributed by atoms with van der Waals surface area (Å²) in [7, 11) is -3.38. The number of thioether (sulfide) groups is 1. The molecule has 0 aromatic heterocycles. The fourth-order valence-electron chi connectivity index (χ4n) is 2.46. The standard InChI is InChI=1S/C15H16N2O4S2/c1-23(20,21)11-4-5-12(18)10(8-11)9-13-14(19)16-15(22-13)17-6-2-3-7-17/h4-5,8-9,18H,2-3,6-7H2,1H3. The number of sulfone groups is 1. The minimum Gasteiger partial charge on any atom is -0.507 e. The smallest absolute Gasteiger partial charge is 0.286 e. The van der Waals surface area contributed by atoms with E-state index in [0.717, 1.165) is 32.2 Å². The molecule has 1 amide bonds. The Bertz CT molecular complexity index is 822. The number of carbonyl (C=O) groups is 1. The first-order valence-corrected chi connectivity index (χ1v) is 9.86. The third-order valence-corrected chi connectivity index (χ3v) is 5.85. The van der Waals surface area contributed by atoms with E-state index in [1.54, 1.807) is 0 Å². The lowest BCUT2D eigenvalue weighted by atomic mass is 10.2. The van der Waals surface area contributed by atoms with Crippen LogP contribution in [0.1, 0.15) is 18.4 Å². The van der Waals surface area contributed by atoms with Gasteiger partial charge in [-0.05, 0) is 48.9 Å². The Labute approximate surface area is 138 Å². The molecule has 0 saturated carbocycles. The van der Waals surface area contributed by atoms with Crippen LogP contribution < -0.4 is 0 Å². The summed E-state index contributed by atoms with van der Waals surface area (Å²) in [6, 6.07) is 4.01. The highest BCUT2D eigenvalue weighted by Crippen LogP contribution is 2.33. The van der Waals surface area contributed by atoms with E-state index in [-0.39, 0.29) is 16.6 Å². The largest absolute Gasteiger partial charge is 0.507 e. The number of likely N-dealkylation sites (tertiary alicyclic amines) is 1. The lowest BCUT2D eigenvalue weighted by molar-refractivity contribution is -0.113. The van der Waals surface area contributed by atoms with Crippen LogP contribution in [-0.4, -0.2) is 48.8 Å². The summed E-state index contributed by atoms with van der Waals surface area (Å²) in [4.78, 5) is 18.6. The maximum absolute atomic E-state index is 12.0. The highest BCUT2D eigenvalue weighted by molar-refractivity contribution is 8.18. The number of hydrogen-bond acceptors (Lipinski definition) is 6. The second-order valence-corrected chi connectivity index (χ2v) is 8.52. The maximum Gasteiger partial charge on any atom is 0.286 e. The van der Waals surface area contributed by atoms with Crippen molar-refractivity contribution in [3.63, 3.8) is 0 Å². The molecule has 0 bridgehead atoms. The summed E-state index contributed by atoms with van der Waals surface area (Å²) in [5.74, 6) is -0.436. The van der Waals surface area contributed by atoms with Gasteiger partial charge in [-0.1, -0.05) is 0 Å². The molecule has 2 heterocycles. The van der Waals surface area contributed by atoms with Crippen LogP contribution in [0, 0.1) is 0 Å². The molecule has 0 spiro atoms. The van der Waals surface area contributed by atoms with Crippen LogP contribution in [0.5, 0.6) is 5.75 Å². The Morgan fingerprint density at radius 2 is 2.00 bits per heavy atom. The van der Waals surface area contributed by atoms with Crippen molar-refractivity contribution < 1.29 is 18.3 Å². The minimum absolute atomic E-state index is 0.0760. The third-order valence-electron chi connectivity index (χ3n) is 3.70. The molecule has 1 aromatic rings. The van der Waals surface area contributed by atoms with Crippen molar-refractivity contribution in [3.05, 3.63) is 28.7 Å². The van der Waals surface area contributed by atoms with Crippen LogP contribution in [0.3, 0.4) is 0 Å². The molecule has 0 unspecified atom stereocenters. The number of amidine groups is 1. The third kappa shape index (κ3) is 3.42. The number of amides is 1. The molecule has 0 radical (unpaired) electrons. The Morgan fingerprint density at radius 3 is 2.65 bits per heavy atom. The van der Waals surface area contributed by atoms with Crippen LogP contribution >= 0.6 is 11.8 Å². The summed E-state index contributed by atoms with van der Waals surface area (Å²) >= 11 is 1.26. The van der Waals surface area contributed by atoms with Gasteiger partial charge in [-0.3, -0.25) is 4.79 Å². The molecule has 8 heteroatoms. The lowest BCUT2D eigenvalue weighted by Gasteiger charge is -2.14. The molecule has 6 nitrogen and oxygen atoms in total. The molecule has 2 aliphatic heterocycles. The van der Waals surface area contributed by atoms with Crippen LogP contribution in [-0.2, 0) is 14.6 Å². The minimum atomic E-state index is -3.38. The van der Waals surface area contributed by atoms with E-state index in [9.17, 15) is 18.3 Å². The van der Waals surface area contributed by atoms with Gasteiger partial charge in [0, 0.05) is 24.9 Å². The molecule has 1 aromatic carbocycles. The van der Waals surface area contributed by atoms with Gasteiger partial charge in [-0.25, -0.2) is 8.42 Å². The van der Waals surface area contributed by atoms with Gasteiger partial charge in [-0.2, -0.15) is 4.99 Å². The molecule has 23 heavy (non-hydrogen) atoms. The second kappa shape index (κ2) is 6.01. The van der Waals surface area contributed by atoms with Gasteiger partial charge in [0.25, 0.3) is 5.91 Å². The quantitative estimate of drug-likeness (QED) is 0.818. The molecule has 1 fully saturated rings.